The number of nitrogens with zero attached hydrogens (tertiary/aromatic N) is 2. The molecule has 12 heteroatoms. The summed E-state index contributed by atoms with van der Waals surface area (Å²) in [7, 11) is 0. The van der Waals surface area contributed by atoms with Crippen LogP contribution >= 0.6 is 47.2 Å². The van der Waals surface area contributed by atoms with E-state index in [0.29, 0.717) is 0 Å². The summed E-state index contributed by atoms with van der Waals surface area (Å²) in [6.07, 6.45) is -3.31. The van der Waals surface area contributed by atoms with Crippen LogP contribution in [0.15, 0.2) is 41.3 Å². The smallest absolute Gasteiger partial charge is 0.268 e. The topological polar surface area (TPSA) is 63.4 Å². The lowest BCUT2D eigenvalue weighted by Crippen LogP contribution is -2.27. The molecule has 1 fully saturated rings. The van der Waals surface area contributed by atoms with Crippen LogP contribution in [0.4, 0.5) is 24.5 Å². The number of thiocarbonyl (C=S) groups is 1. The third kappa shape index (κ3) is 4.40. The molecule has 5 nitrogen and oxygen atoms in total. The Kier molecular flexibility index (Phi) is 5.91. The van der Waals surface area contributed by atoms with Crippen LogP contribution in [0, 0.1) is 10.1 Å². The Morgan fingerprint density at radius 3 is 2.48 bits per heavy atom. The van der Waals surface area contributed by atoms with E-state index in [2.05, 4.69) is 0 Å². The van der Waals surface area contributed by atoms with E-state index in [0.717, 1.165) is 34.9 Å². The number of thioether (sulfide) groups is 1. The summed E-state index contributed by atoms with van der Waals surface area (Å²) in [4.78, 5) is 24.1. The molecule has 0 aliphatic carbocycles. The van der Waals surface area contributed by atoms with Crippen molar-refractivity contribution >= 4 is 74.9 Å². The fraction of sp³-hybridized carbons (Fsp3) is 0.0588. The van der Waals surface area contributed by atoms with Crippen LogP contribution in [-0.4, -0.2) is 15.2 Å². The maximum absolute atomic E-state index is 13.0. The Balaban J connectivity index is 2.00. The Bertz CT molecular complexity index is 1090. The average Bonchev–Trinajstić information content (AvgIpc) is 2.90. The molecule has 2 aromatic carbocycles. The number of alkyl halides is 3. The van der Waals surface area contributed by atoms with Crippen LogP contribution in [0.5, 0.6) is 0 Å². The molecule has 1 saturated heterocycles. The molecule has 1 aliphatic heterocycles. The van der Waals surface area contributed by atoms with Crippen LogP contribution in [-0.2, 0) is 11.0 Å². The van der Waals surface area contributed by atoms with Crippen LogP contribution in [0.25, 0.3) is 6.08 Å². The Morgan fingerprint density at radius 2 is 1.86 bits per heavy atom. The van der Waals surface area contributed by atoms with Gasteiger partial charge in [0.25, 0.3) is 11.6 Å². The van der Waals surface area contributed by atoms with Gasteiger partial charge in [-0.3, -0.25) is 19.8 Å². The zero-order valence-corrected chi connectivity index (χ0v) is 17.0. The molecule has 3 rings (SSSR count). The number of amides is 1. The van der Waals surface area contributed by atoms with E-state index >= 15 is 0 Å². The molecule has 0 unspecified atom stereocenters. The molecule has 1 heterocycles. The van der Waals surface area contributed by atoms with E-state index in [1.165, 1.54) is 24.3 Å². The summed E-state index contributed by atoms with van der Waals surface area (Å²) in [6.45, 7) is 0. The molecule has 0 spiro atoms. The monoisotopic (exact) mass is 478 g/mol. The first kappa shape index (κ1) is 21.6. The SMILES string of the molecule is O=C1/C(=C\c2cc([N+](=O)[O-])c(Cl)cc2Cl)SC(=S)N1c1cccc(C(F)(F)F)c1. The Morgan fingerprint density at radius 1 is 1.17 bits per heavy atom. The average molecular weight is 479 g/mol. The summed E-state index contributed by atoms with van der Waals surface area (Å²) in [6, 6.07) is 6.45. The van der Waals surface area contributed by atoms with Crippen LogP contribution in [0.2, 0.25) is 10.0 Å². The molecule has 0 atom stereocenters. The first-order valence-electron chi connectivity index (χ1n) is 7.57. The number of rotatable bonds is 3. The summed E-state index contributed by atoms with van der Waals surface area (Å²) in [5.74, 6) is -0.673. The molecule has 1 amide bonds. The third-order valence-electron chi connectivity index (χ3n) is 3.77. The zero-order valence-electron chi connectivity index (χ0n) is 13.9. The van der Waals surface area contributed by atoms with Crippen molar-refractivity contribution in [1.29, 1.82) is 0 Å². The summed E-state index contributed by atoms with van der Waals surface area (Å²) < 4.78 is 38.9. The number of carbonyl (C=O) groups excluding carboxylic acids is 1. The molecule has 150 valence electrons. The first-order chi connectivity index (χ1) is 13.5. The van der Waals surface area contributed by atoms with Gasteiger partial charge in [-0.25, -0.2) is 0 Å². The molecule has 1 aliphatic rings. The second kappa shape index (κ2) is 7.94. The zero-order chi connectivity index (χ0) is 21.5. The lowest BCUT2D eigenvalue weighted by molar-refractivity contribution is -0.384. The van der Waals surface area contributed by atoms with Gasteiger partial charge in [0, 0.05) is 16.7 Å². The van der Waals surface area contributed by atoms with Crippen molar-refractivity contribution in [3.05, 3.63) is 72.6 Å². The van der Waals surface area contributed by atoms with Crippen molar-refractivity contribution in [2.24, 2.45) is 0 Å². The number of halogens is 5. The van der Waals surface area contributed by atoms with Gasteiger partial charge >= 0.3 is 6.18 Å². The van der Waals surface area contributed by atoms with E-state index in [1.54, 1.807) is 0 Å². The highest BCUT2D eigenvalue weighted by molar-refractivity contribution is 8.27. The summed E-state index contributed by atoms with van der Waals surface area (Å²) in [5, 5.41) is 10.9. The van der Waals surface area contributed by atoms with Gasteiger partial charge in [-0.05, 0) is 30.3 Å². The van der Waals surface area contributed by atoms with Crippen molar-refractivity contribution in [3.8, 4) is 0 Å². The predicted octanol–water partition coefficient (Wildman–Crippen LogP) is 6.33. The minimum atomic E-state index is -4.58. The number of hydrogen-bond acceptors (Lipinski definition) is 5. The largest absolute Gasteiger partial charge is 0.416 e. The van der Waals surface area contributed by atoms with E-state index in [9.17, 15) is 28.1 Å². The van der Waals surface area contributed by atoms with Gasteiger partial charge in [0.15, 0.2) is 4.32 Å². The normalized spacial score (nSPS) is 16.0. The van der Waals surface area contributed by atoms with E-state index in [-0.39, 0.29) is 30.5 Å². The van der Waals surface area contributed by atoms with Gasteiger partial charge in [-0.15, -0.1) is 0 Å². The molecule has 0 aromatic heterocycles. The quantitative estimate of drug-likeness (QED) is 0.223. The molecular weight excluding hydrogens is 472 g/mol. The first-order valence-corrected chi connectivity index (χ1v) is 9.56. The lowest BCUT2D eigenvalue weighted by atomic mass is 10.1. The number of nitro benzene ring substituents is 1. The highest BCUT2D eigenvalue weighted by Gasteiger charge is 2.36. The minimum Gasteiger partial charge on any atom is -0.268 e. The van der Waals surface area contributed by atoms with E-state index in [4.69, 9.17) is 35.4 Å². The highest BCUT2D eigenvalue weighted by atomic mass is 35.5. The van der Waals surface area contributed by atoms with Crippen molar-refractivity contribution in [2.45, 2.75) is 6.18 Å². The maximum Gasteiger partial charge on any atom is 0.416 e. The van der Waals surface area contributed by atoms with E-state index < -0.39 is 28.3 Å². The maximum atomic E-state index is 13.0. The van der Waals surface area contributed by atoms with Crippen molar-refractivity contribution in [3.63, 3.8) is 0 Å². The molecule has 2 aromatic rings. The molecule has 29 heavy (non-hydrogen) atoms. The van der Waals surface area contributed by atoms with Gasteiger partial charge in [-0.2, -0.15) is 13.2 Å². The van der Waals surface area contributed by atoms with Crippen LogP contribution in [0.1, 0.15) is 11.1 Å². The van der Waals surface area contributed by atoms with Gasteiger partial charge in [0.1, 0.15) is 5.02 Å². The Hall–Kier alpha value is -2.14. The second-order valence-corrected chi connectivity index (χ2v) is 8.14. The predicted molar refractivity (Wildman–Crippen MR) is 110 cm³/mol. The van der Waals surface area contributed by atoms with Gasteiger partial charge in [-0.1, -0.05) is 53.2 Å². The molecular formula is C17H7Cl2F3N2O3S2. The molecule has 0 bridgehead atoms. The molecule has 0 N–H and O–H groups in total. The number of carbonyl (C=O) groups is 1. The van der Waals surface area contributed by atoms with Gasteiger partial charge in [0.2, 0.25) is 0 Å². The van der Waals surface area contributed by atoms with Gasteiger partial charge < -0.3 is 0 Å². The standard InChI is InChI=1S/C17H7Cl2F3N2O3S2/c18-11-7-12(19)13(24(26)27)4-8(11)5-14-15(25)23(16(28)29-14)10-3-1-2-9(6-10)17(20,21)22/h1-7H/b14-5+. The number of benzene rings is 2. The molecule has 0 saturated carbocycles. The fourth-order valence-corrected chi connectivity index (χ4v) is 4.25. The number of nitro groups is 1. The summed E-state index contributed by atoms with van der Waals surface area (Å²) in [5.41, 5.74) is -1.23. The van der Waals surface area contributed by atoms with Crippen molar-refractivity contribution in [2.75, 3.05) is 4.90 Å². The minimum absolute atomic E-state index is 0.0140. The lowest BCUT2D eigenvalue weighted by Gasteiger charge is -2.16. The highest BCUT2D eigenvalue weighted by Crippen LogP contribution is 2.40. The van der Waals surface area contributed by atoms with E-state index in [1.807, 2.05) is 0 Å². The Labute approximate surface area is 181 Å². The van der Waals surface area contributed by atoms with Gasteiger partial charge in [0.05, 0.1) is 21.1 Å². The molecule has 0 radical (unpaired) electrons. The fourth-order valence-electron chi connectivity index (χ4n) is 2.46. The van der Waals surface area contributed by atoms with Crippen molar-refractivity contribution in [1.82, 2.24) is 0 Å². The van der Waals surface area contributed by atoms with Crippen LogP contribution in [0.3, 0.4) is 0 Å². The second-order valence-electron chi connectivity index (χ2n) is 5.65. The van der Waals surface area contributed by atoms with Crippen molar-refractivity contribution < 1.29 is 22.9 Å². The van der Waals surface area contributed by atoms with Crippen LogP contribution < -0.4 is 4.90 Å². The third-order valence-corrected chi connectivity index (χ3v) is 5.71. The number of hydrogen-bond donors (Lipinski definition) is 0. The number of anilines is 1. The summed E-state index contributed by atoms with van der Waals surface area (Å²) >= 11 is 17.8.